The Morgan fingerprint density at radius 1 is 0.762 bits per heavy atom. The maximum absolute atomic E-state index is 13.8. The molecule has 0 atom stereocenters. The lowest BCUT2D eigenvalue weighted by atomic mass is 9.71. The molecule has 1 aliphatic heterocycles. The molecule has 1 saturated heterocycles. The van der Waals surface area contributed by atoms with E-state index in [0.29, 0.717) is 17.4 Å². The fraction of sp³-hybridized carbons (Fsp3) is 0.351. The number of hydrogen-bond acceptors (Lipinski definition) is 3. The first-order valence-electron chi connectivity index (χ1n) is 15.2. The van der Waals surface area contributed by atoms with E-state index in [4.69, 9.17) is 0 Å². The minimum Gasteiger partial charge on any atom is -0.303 e. The zero-order chi connectivity index (χ0) is 29.6. The van der Waals surface area contributed by atoms with Crippen molar-refractivity contribution in [2.75, 3.05) is 26.2 Å². The molecule has 0 unspecified atom stereocenters. The predicted octanol–water partition coefficient (Wildman–Crippen LogP) is 7.54. The lowest BCUT2D eigenvalue weighted by Crippen LogP contribution is -2.43. The van der Waals surface area contributed by atoms with Crippen molar-refractivity contribution < 1.29 is 8.42 Å². The summed E-state index contributed by atoms with van der Waals surface area (Å²) in [4.78, 5) is 2.98. The summed E-state index contributed by atoms with van der Waals surface area (Å²) >= 11 is 0. The molecule has 0 aliphatic carbocycles. The van der Waals surface area contributed by atoms with E-state index in [2.05, 4.69) is 88.5 Å². The lowest BCUT2D eigenvalue weighted by Gasteiger charge is -2.37. The average Bonchev–Trinajstić information content (AvgIpc) is 3.00. The molecular weight excluding hydrogens is 536 g/mol. The molecule has 4 aromatic carbocycles. The van der Waals surface area contributed by atoms with Crippen molar-refractivity contribution in [3.05, 3.63) is 137 Å². The van der Waals surface area contributed by atoms with Gasteiger partial charge >= 0.3 is 0 Å². The van der Waals surface area contributed by atoms with E-state index in [9.17, 15) is 8.42 Å². The van der Waals surface area contributed by atoms with E-state index in [1.807, 2.05) is 45.0 Å². The van der Waals surface area contributed by atoms with E-state index in [-0.39, 0.29) is 0 Å². The molecule has 1 heterocycles. The molecule has 5 rings (SSSR count). The first kappa shape index (κ1) is 30.2. The normalized spacial score (nSPS) is 15.1. The first-order chi connectivity index (χ1) is 20.3. The third-order valence-corrected chi connectivity index (χ3v) is 10.7. The highest BCUT2D eigenvalue weighted by Gasteiger charge is 2.36. The largest absolute Gasteiger partial charge is 0.303 e. The Morgan fingerprint density at radius 3 is 1.79 bits per heavy atom. The molecule has 0 saturated carbocycles. The Hall–Kier alpha value is -3.25. The quantitative estimate of drug-likeness (QED) is 0.199. The number of benzene rings is 4. The van der Waals surface area contributed by atoms with E-state index in [0.717, 1.165) is 60.3 Å². The van der Waals surface area contributed by atoms with Gasteiger partial charge in [-0.25, -0.2) is 13.1 Å². The number of nitrogens with zero attached hydrogens (tertiary/aromatic N) is 1. The van der Waals surface area contributed by atoms with Crippen LogP contribution in [0, 0.1) is 20.8 Å². The summed E-state index contributed by atoms with van der Waals surface area (Å²) < 4.78 is 30.8. The van der Waals surface area contributed by atoms with Crippen LogP contribution in [0.5, 0.6) is 0 Å². The number of sulfonamides is 1. The second kappa shape index (κ2) is 13.4. The number of aryl methyl sites for hydroxylation is 3. The molecule has 1 aliphatic rings. The van der Waals surface area contributed by atoms with Crippen molar-refractivity contribution in [3.63, 3.8) is 0 Å². The minimum atomic E-state index is -3.73. The van der Waals surface area contributed by atoms with Crippen LogP contribution in [0.25, 0.3) is 0 Å². The molecule has 4 nitrogen and oxygen atoms in total. The van der Waals surface area contributed by atoms with Gasteiger partial charge in [0.05, 0.1) is 4.90 Å². The molecule has 0 spiro atoms. The summed E-state index contributed by atoms with van der Waals surface area (Å²) in [6.07, 6.45) is 4.18. The summed E-state index contributed by atoms with van der Waals surface area (Å²) in [5.74, 6) is 0.637. The molecule has 42 heavy (non-hydrogen) atoms. The van der Waals surface area contributed by atoms with Gasteiger partial charge in [-0.3, -0.25) is 0 Å². The predicted molar refractivity (Wildman–Crippen MR) is 174 cm³/mol. The molecule has 0 bridgehead atoms. The molecule has 220 valence electrons. The second-order valence-corrected chi connectivity index (χ2v) is 13.7. The van der Waals surface area contributed by atoms with Crippen molar-refractivity contribution in [2.24, 2.45) is 0 Å². The van der Waals surface area contributed by atoms with Crippen molar-refractivity contribution >= 4 is 10.0 Å². The zero-order valence-corrected chi connectivity index (χ0v) is 26.0. The fourth-order valence-electron chi connectivity index (χ4n) is 6.96. The summed E-state index contributed by atoms with van der Waals surface area (Å²) in [6.45, 7) is 9.28. The summed E-state index contributed by atoms with van der Waals surface area (Å²) in [6, 6.07) is 35.7. The molecule has 5 heteroatoms. The van der Waals surface area contributed by atoms with E-state index in [1.165, 1.54) is 18.4 Å². The Bertz CT molecular complexity index is 1480. The average molecular weight is 581 g/mol. The Morgan fingerprint density at radius 2 is 1.26 bits per heavy atom. The summed E-state index contributed by atoms with van der Waals surface area (Å²) in [7, 11) is -3.73. The molecule has 1 fully saturated rings. The summed E-state index contributed by atoms with van der Waals surface area (Å²) in [5.41, 5.74) is 5.87. The van der Waals surface area contributed by atoms with Crippen molar-refractivity contribution in [3.8, 4) is 0 Å². The van der Waals surface area contributed by atoms with Crippen molar-refractivity contribution in [1.82, 2.24) is 9.62 Å². The zero-order valence-electron chi connectivity index (χ0n) is 25.2. The number of piperidine rings is 1. The van der Waals surface area contributed by atoms with Gasteiger partial charge in [-0.05, 0) is 99.8 Å². The second-order valence-electron chi connectivity index (χ2n) is 12.0. The maximum atomic E-state index is 13.8. The van der Waals surface area contributed by atoms with Gasteiger partial charge in [-0.1, -0.05) is 109 Å². The van der Waals surface area contributed by atoms with Gasteiger partial charge < -0.3 is 4.90 Å². The van der Waals surface area contributed by atoms with E-state index in [1.54, 1.807) is 0 Å². The van der Waals surface area contributed by atoms with Crippen LogP contribution in [0.4, 0.5) is 0 Å². The highest BCUT2D eigenvalue weighted by molar-refractivity contribution is 7.89. The van der Waals surface area contributed by atoms with E-state index < -0.39 is 15.4 Å². The van der Waals surface area contributed by atoms with Crippen LogP contribution in [0.3, 0.4) is 0 Å². The van der Waals surface area contributed by atoms with Gasteiger partial charge in [0.1, 0.15) is 0 Å². The van der Waals surface area contributed by atoms with Crippen LogP contribution < -0.4 is 4.72 Å². The number of hydrogen-bond donors (Lipinski definition) is 1. The Kier molecular flexibility index (Phi) is 9.62. The fourth-order valence-corrected chi connectivity index (χ4v) is 8.51. The van der Waals surface area contributed by atoms with Crippen molar-refractivity contribution in [2.45, 2.75) is 62.7 Å². The van der Waals surface area contributed by atoms with Gasteiger partial charge in [0, 0.05) is 12.0 Å². The van der Waals surface area contributed by atoms with Crippen LogP contribution in [-0.4, -0.2) is 39.5 Å². The molecule has 0 aromatic heterocycles. The van der Waals surface area contributed by atoms with Crippen LogP contribution in [0.2, 0.25) is 0 Å². The number of nitrogens with one attached hydrogen (secondary N) is 1. The van der Waals surface area contributed by atoms with Gasteiger partial charge in [0.2, 0.25) is 10.0 Å². The number of rotatable bonds is 11. The molecule has 0 radical (unpaired) electrons. The minimum absolute atomic E-state index is 0.298. The van der Waals surface area contributed by atoms with Crippen LogP contribution in [0.15, 0.2) is 108 Å². The van der Waals surface area contributed by atoms with Crippen LogP contribution in [-0.2, 0) is 15.4 Å². The highest BCUT2D eigenvalue weighted by atomic mass is 32.2. The van der Waals surface area contributed by atoms with Gasteiger partial charge in [-0.2, -0.15) is 0 Å². The van der Waals surface area contributed by atoms with Crippen LogP contribution >= 0.6 is 0 Å². The lowest BCUT2D eigenvalue weighted by molar-refractivity contribution is 0.204. The Labute approximate surface area is 252 Å². The third-order valence-electron chi connectivity index (χ3n) is 9.03. The molecular formula is C37H44N2O2S. The smallest absolute Gasteiger partial charge is 0.241 e. The van der Waals surface area contributed by atoms with Gasteiger partial charge in [0.15, 0.2) is 0 Å². The highest BCUT2D eigenvalue weighted by Crippen LogP contribution is 2.38. The summed E-state index contributed by atoms with van der Waals surface area (Å²) in [5, 5.41) is 0. The van der Waals surface area contributed by atoms with Crippen molar-refractivity contribution in [1.29, 1.82) is 0 Å². The maximum Gasteiger partial charge on any atom is 0.241 e. The van der Waals surface area contributed by atoms with Gasteiger partial charge in [0.25, 0.3) is 0 Å². The molecule has 0 amide bonds. The molecule has 4 aromatic rings. The van der Waals surface area contributed by atoms with Gasteiger partial charge in [-0.15, -0.1) is 0 Å². The Balaban J connectivity index is 1.38. The molecule has 1 N–H and O–H groups in total. The number of likely N-dealkylation sites (tertiary alicyclic amines) is 1. The standard InChI is InChI=1S/C37H44N2O2S/c1-29-26-30(2)36(31(3)27-29)42(40,41)38-28-37(34-16-9-5-10-17-34,35-18-11-6-12-19-35)22-13-23-39-24-20-33(21-25-39)32-14-7-4-8-15-32/h4-12,14-19,26-27,33,38H,13,20-25,28H2,1-3H3. The monoisotopic (exact) mass is 580 g/mol. The topological polar surface area (TPSA) is 49.4 Å². The first-order valence-corrected chi connectivity index (χ1v) is 16.7. The SMILES string of the molecule is Cc1cc(C)c(S(=O)(=O)NCC(CCCN2CCC(c3ccccc3)CC2)(c2ccccc2)c2ccccc2)c(C)c1. The van der Waals surface area contributed by atoms with Crippen LogP contribution in [0.1, 0.15) is 65.0 Å². The third kappa shape index (κ3) is 6.86. The van der Waals surface area contributed by atoms with E-state index >= 15 is 0 Å².